The van der Waals surface area contributed by atoms with E-state index in [2.05, 4.69) is 10.7 Å². The van der Waals surface area contributed by atoms with E-state index in [1.54, 1.807) is 18.4 Å². The van der Waals surface area contributed by atoms with Crippen LogP contribution >= 0.6 is 11.3 Å². The van der Waals surface area contributed by atoms with E-state index in [1.165, 1.54) is 19.3 Å². The Morgan fingerprint density at radius 2 is 2.03 bits per heavy atom. The Morgan fingerprint density at radius 3 is 2.85 bits per heavy atom. The van der Waals surface area contributed by atoms with Crippen LogP contribution in [0.2, 0.25) is 0 Å². The molecule has 0 unspecified atom stereocenters. The van der Waals surface area contributed by atoms with Gasteiger partial charge in [-0.15, -0.1) is 11.3 Å². The number of ether oxygens (including phenoxy) is 2. The summed E-state index contributed by atoms with van der Waals surface area (Å²) in [6.07, 6.45) is 5.98. The molecule has 2 aromatic carbocycles. The monoisotopic (exact) mass is 476 g/mol. The lowest BCUT2D eigenvalue weighted by Gasteiger charge is -2.19. The van der Waals surface area contributed by atoms with E-state index in [0.29, 0.717) is 17.5 Å². The number of aromatic nitrogens is 1. The second kappa shape index (κ2) is 9.85. The molecule has 5 rings (SSSR count). The van der Waals surface area contributed by atoms with Gasteiger partial charge in [0.15, 0.2) is 6.61 Å². The lowest BCUT2D eigenvalue weighted by Crippen LogP contribution is -2.25. The van der Waals surface area contributed by atoms with Crippen LogP contribution in [-0.2, 0) is 4.79 Å². The van der Waals surface area contributed by atoms with E-state index in [1.807, 2.05) is 54.1 Å². The zero-order valence-corrected chi connectivity index (χ0v) is 20.2. The van der Waals surface area contributed by atoms with Gasteiger partial charge in [-0.1, -0.05) is 31.4 Å². The summed E-state index contributed by atoms with van der Waals surface area (Å²) in [4.78, 5) is 17.8. The molecule has 3 aromatic rings. The summed E-state index contributed by atoms with van der Waals surface area (Å²) in [6.45, 7) is 2.04. The van der Waals surface area contributed by atoms with Crippen LogP contribution in [0.5, 0.6) is 11.5 Å². The molecule has 2 heterocycles. The normalized spacial score (nSPS) is 17.2. The molecule has 8 heteroatoms. The predicted octanol–water partition coefficient (Wildman–Crippen LogP) is 5.06. The predicted molar refractivity (Wildman–Crippen MR) is 135 cm³/mol. The number of thiazole rings is 1. The molecule has 1 aromatic heterocycles. The van der Waals surface area contributed by atoms with Gasteiger partial charge in [-0.25, -0.2) is 4.68 Å². The van der Waals surface area contributed by atoms with Crippen LogP contribution in [0.25, 0.3) is 11.3 Å². The molecule has 1 saturated carbocycles. The maximum Gasteiger partial charge on any atom is 0.262 e. The number of methoxy groups -OCH3 is 1. The summed E-state index contributed by atoms with van der Waals surface area (Å²) >= 11 is 1.59. The molecule has 0 atom stereocenters. The molecule has 0 radical (unpaired) electrons. The van der Waals surface area contributed by atoms with Gasteiger partial charge in [0, 0.05) is 16.5 Å². The van der Waals surface area contributed by atoms with Crippen LogP contribution in [0.15, 0.2) is 57.9 Å². The molecular formula is C26H28N4O3S. The lowest BCUT2D eigenvalue weighted by molar-refractivity contribution is -0.118. The number of carbonyl (C=O) groups is 1. The maximum absolute atomic E-state index is 11.8. The topological polar surface area (TPSA) is 77.2 Å². The van der Waals surface area contributed by atoms with E-state index in [-0.39, 0.29) is 12.5 Å². The van der Waals surface area contributed by atoms with E-state index >= 15 is 0 Å². The Kier molecular flexibility index (Phi) is 6.49. The first-order valence-electron chi connectivity index (χ1n) is 11.6. The molecule has 0 saturated heterocycles. The fourth-order valence-corrected chi connectivity index (χ4v) is 5.25. The van der Waals surface area contributed by atoms with Gasteiger partial charge >= 0.3 is 0 Å². The van der Waals surface area contributed by atoms with E-state index in [4.69, 9.17) is 19.6 Å². The highest BCUT2D eigenvalue weighted by Gasteiger charge is 2.19. The molecule has 1 aliphatic heterocycles. The van der Waals surface area contributed by atoms with Crippen molar-refractivity contribution in [1.82, 2.24) is 4.68 Å². The zero-order valence-electron chi connectivity index (χ0n) is 19.4. The Morgan fingerprint density at radius 1 is 1.18 bits per heavy atom. The standard InChI is InChI=1S/C26H28N4O3S/c1-17(18-7-6-10-21(13-18)32-2)29-30-23(16-34-26(30)27-20-8-4-3-5-9-20)19-11-12-24-22(14-19)28-25(31)15-33-24/h6-7,10-14,16,20H,3-5,8-9,15H2,1-2H3,(H,28,31). The summed E-state index contributed by atoms with van der Waals surface area (Å²) in [5, 5.41) is 9.99. The SMILES string of the molecule is COc1cccc(C(C)=Nn2c(-c3ccc4c(c3)NC(=O)CO4)csc2=NC2CCCCC2)c1. The average Bonchev–Trinajstić information content (AvgIpc) is 3.25. The van der Waals surface area contributed by atoms with Gasteiger partial charge in [-0.3, -0.25) is 9.79 Å². The first-order valence-corrected chi connectivity index (χ1v) is 12.5. The highest BCUT2D eigenvalue weighted by atomic mass is 32.1. The average molecular weight is 477 g/mol. The van der Waals surface area contributed by atoms with Crippen molar-refractivity contribution in [3.05, 3.63) is 58.2 Å². The summed E-state index contributed by atoms with van der Waals surface area (Å²) in [5.41, 5.74) is 4.38. The van der Waals surface area contributed by atoms with E-state index < -0.39 is 0 Å². The number of anilines is 1. The molecule has 176 valence electrons. The van der Waals surface area contributed by atoms with E-state index in [9.17, 15) is 4.79 Å². The van der Waals surface area contributed by atoms with Gasteiger partial charge in [-0.2, -0.15) is 5.10 Å². The third-order valence-electron chi connectivity index (χ3n) is 6.20. The van der Waals surface area contributed by atoms with Crippen LogP contribution in [0.1, 0.15) is 44.6 Å². The van der Waals surface area contributed by atoms with Crippen molar-refractivity contribution >= 4 is 28.6 Å². The summed E-state index contributed by atoms with van der Waals surface area (Å²) in [6, 6.07) is 14.0. The van der Waals surface area contributed by atoms with Crippen LogP contribution in [0, 0.1) is 0 Å². The summed E-state index contributed by atoms with van der Waals surface area (Å²) < 4.78 is 12.9. The number of amides is 1. The lowest BCUT2D eigenvalue weighted by atomic mass is 9.96. The largest absolute Gasteiger partial charge is 0.497 e. The van der Waals surface area contributed by atoms with Crippen molar-refractivity contribution in [2.75, 3.05) is 19.0 Å². The molecule has 0 bridgehead atoms. The molecule has 7 nitrogen and oxygen atoms in total. The molecular weight excluding hydrogens is 448 g/mol. The third-order valence-corrected chi connectivity index (χ3v) is 7.03. The van der Waals surface area contributed by atoms with Crippen molar-refractivity contribution < 1.29 is 14.3 Å². The quantitative estimate of drug-likeness (QED) is 0.523. The van der Waals surface area contributed by atoms with Crippen molar-refractivity contribution in [1.29, 1.82) is 0 Å². The smallest absolute Gasteiger partial charge is 0.262 e. The van der Waals surface area contributed by atoms with E-state index in [0.717, 1.165) is 45.9 Å². The van der Waals surface area contributed by atoms with Crippen molar-refractivity contribution in [2.24, 2.45) is 10.1 Å². The van der Waals surface area contributed by atoms with Crippen LogP contribution < -0.4 is 19.6 Å². The first kappa shape index (κ1) is 22.4. The number of benzene rings is 2. The Balaban J connectivity index is 1.60. The van der Waals surface area contributed by atoms with Gasteiger partial charge in [0.2, 0.25) is 4.80 Å². The first-order chi connectivity index (χ1) is 16.6. The van der Waals surface area contributed by atoms with Gasteiger partial charge in [0.25, 0.3) is 5.91 Å². The number of nitrogens with one attached hydrogen (secondary N) is 1. The number of hydrogen-bond acceptors (Lipinski definition) is 6. The van der Waals surface area contributed by atoms with Gasteiger partial charge in [0.1, 0.15) is 11.5 Å². The minimum atomic E-state index is -0.150. The summed E-state index contributed by atoms with van der Waals surface area (Å²) in [5.74, 6) is 1.32. The minimum absolute atomic E-state index is 0.0409. The Hall–Kier alpha value is -3.39. The molecule has 2 aliphatic rings. The molecule has 1 aliphatic carbocycles. The molecule has 34 heavy (non-hydrogen) atoms. The Bertz CT molecular complexity index is 1300. The molecule has 0 spiro atoms. The molecule has 1 amide bonds. The maximum atomic E-state index is 11.8. The van der Waals surface area contributed by atoms with Crippen molar-refractivity contribution in [2.45, 2.75) is 45.1 Å². The minimum Gasteiger partial charge on any atom is -0.497 e. The summed E-state index contributed by atoms with van der Waals surface area (Å²) in [7, 11) is 1.66. The van der Waals surface area contributed by atoms with Gasteiger partial charge in [0.05, 0.1) is 30.2 Å². The number of carbonyl (C=O) groups excluding carboxylic acids is 1. The second-order valence-electron chi connectivity index (χ2n) is 8.60. The van der Waals surface area contributed by atoms with Crippen LogP contribution in [0.3, 0.4) is 0 Å². The van der Waals surface area contributed by atoms with Crippen LogP contribution in [0.4, 0.5) is 5.69 Å². The number of fused-ring (bicyclic) bond motifs is 1. The Labute approximate surface area is 202 Å². The van der Waals surface area contributed by atoms with Crippen molar-refractivity contribution in [3.8, 4) is 22.8 Å². The van der Waals surface area contributed by atoms with Gasteiger partial charge < -0.3 is 14.8 Å². The third kappa shape index (κ3) is 4.77. The van der Waals surface area contributed by atoms with Crippen LogP contribution in [-0.4, -0.2) is 36.1 Å². The number of hydrogen-bond donors (Lipinski definition) is 1. The molecule has 1 N–H and O–H groups in total. The highest BCUT2D eigenvalue weighted by molar-refractivity contribution is 7.07. The zero-order chi connectivity index (χ0) is 23.5. The van der Waals surface area contributed by atoms with Crippen molar-refractivity contribution in [3.63, 3.8) is 0 Å². The number of rotatable bonds is 5. The molecule has 1 fully saturated rings. The highest BCUT2D eigenvalue weighted by Crippen LogP contribution is 2.33. The number of nitrogens with zero attached hydrogens (tertiary/aromatic N) is 3. The second-order valence-corrected chi connectivity index (χ2v) is 9.44. The fourth-order valence-electron chi connectivity index (χ4n) is 4.35. The fraction of sp³-hybridized carbons (Fsp3) is 0.346. The van der Waals surface area contributed by atoms with Gasteiger partial charge in [-0.05, 0) is 50.1 Å².